The van der Waals surface area contributed by atoms with Crippen LogP contribution in [0.15, 0.2) is 53.4 Å². The van der Waals surface area contributed by atoms with Crippen molar-refractivity contribution in [1.82, 2.24) is 14.5 Å². The first-order valence-corrected chi connectivity index (χ1v) is 12.3. The topological polar surface area (TPSA) is 79.0 Å². The highest BCUT2D eigenvalue weighted by Crippen LogP contribution is 2.34. The summed E-state index contributed by atoms with van der Waals surface area (Å²) >= 11 is 0. The molecule has 0 aliphatic carbocycles. The molecule has 7 nitrogen and oxygen atoms in total. The number of rotatable bonds is 8. The fraction of sp³-hybridized carbons (Fsp3) is 0.435. The number of halogens is 3. The van der Waals surface area contributed by atoms with Crippen LogP contribution in [0.2, 0.25) is 0 Å². The van der Waals surface area contributed by atoms with Crippen LogP contribution < -0.4 is 9.46 Å². The molecule has 11 heteroatoms. The Balaban J connectivity index is 1.54. The van der Waals surface area contributed by atoms with Gasteiger partial charge in [0.15, 0.2) is 0 Å². The fourth-order valence-electron chi connectivity index (χ4n) is 3.83. The van der Waals surface area contributed by atoms with Gasteiger partial charge in [-0.05, 0) is 43.2 Å². The second-order valence-electron chi connectivity index (χ2n) is 8.10. The molecule has 3 rings (SSSR count). The summed E-state index contributed by atoms with van der Waals surface area (Å²) in [5.41, 5.74) is -0.103. The summed E-state index contributed by atoms with van der Waals surface area (Å²) in [6, 6.07) is 10.5. The molecule has 186 valence electrons. The number of ether oxygens (including phenoxy) is 1. The molecule has 0 spiro atoms. The molecule has 1 aliphatic rings. The molecule has 34 heavy (non-hydrogen) atoms. The summed E-state index contributed by atoms with van der Waals surface area (Å²) in [7, 11) is -2.93. The molecule has 0 aromatic heterocycles. The molecule has 1 saturated heterocycles. The van der Waals surface area contributed by atoms with Gasteiger partial charge < -0.3 is 9.64 Å². The third-order valence-corrected chi connectivity index (χ3v) is 7.34. The minimum absolute atomic E-state index is 0.409. The molecular formula is C23H28F3N3O4S. The highest BCUT2D eigenvalue weighted by molar-refractivity contribution is 7.89. The Hall–Kier alpha value is -2.63. The SMILES string of the molecule is COc1ccc(CCN2CCN(C(=O)[C@H](C)NS(=O)(=O)c3ccccc3C(F)(F)F)CC2)cc1. The summed E-state index contributed by atoms with van der Waals surface area (Å²) in [4.78, 5) is 15.6. The van der Waals surface area contributed by atoms with Gasteiger partial charge in [-0.1, -0.05) is 24.3 Å². The van der Waals surface area contributed by atoms with Crippen LogP contribution in [-0.4, -0.2) is 70.0 Å². The Morgan fingerprint density at radius 1 is 1.06 bits per heavy atom. The lowest BCUT2D eigenvalue weighted by Gasteiger charge is -2.36. The zero-order valence-electron chi connectivity index (χ0n) is 19.0. The molecule has 0 radical (unpaired) electrons. The predicted octanol–water partition coefficient (Wildman–Crippen LogP) is 2.77. The van der Waals surface area contributed by atoms with Crippen molar-refractivity contribution >= 4 is 15.9 Å². The van der Waals surface area contributed by atoms with Gasteiger partial charge in [-0.15, -0.1) is 0 Å². The maximum absolute atomic E-state index is 13.2. The van der Waals surface area contributed by atoms with Gasteiger partial charge in [0.2, 0.25) is 15.9 Å². The number of hydrogen-bond donors (Lipinski definition) is 1. The van der Waals surface area contributed by atoms with Gasteiger partial charge >= 0.3 is 6.18 Å². The van der Waals surface area contributed by atoms with Gasteiger partial charge in [-0.25, -0.2) is 8.42 Å². The van der Waals surface area contributed by atoms with Gasteiger partial charge in [0.25, 0.3) is 0 Å². The van der Waals surface area contributed by atoms with Crippen molar-refractivity contribution in [3.8, 4) is 5.75 Å². The smallest absolute Gasteiger partial charge is 0.417 e. The summed E-state index contributed by atoms with van der Waals surface area (Å²) in [5.74, 6) is 0.324. The molecule has 1 fully saturated rings. The molecule has 1 amide bonds. The molecule has 1 heterocycles. The molecule has 1 atom stereocenters. The van der Waals surface area contributed by atoms with Crippen molar-refractivity contribution in [2.75, 3.05) is 39.8 Å². The average Bonchev–Trinajstić information content (AvgIpc) is 2.82. The minimum atomic E-state index is -4.83. The molecule has 0 bridgehead atoms. The van der Waals surface area contributed by atoms with E-state index in [1.54, 1.807) is 7.11 Å². The van der Waals surface area contributed by atoms with Gasteiger partial charge in [-0.2, -0.15) is 17.9 Å². The average molecular weight is 500 g/mol. The summed E-state index contributed by atoms with van der Waals surface area (Å²) in [6.45, 7) is 4.22. The van der Waals surface area contributed by atoms with Crippen molar-refractivity contribution in [3.05, 3.63) is 59.7 Å². The van der Waals surface area contributed by atoms with Crippen LogP contribution in [0.25, 0.3) is 0 Å². The first kappa shape index (κ1) is 26.0. The van der Waals surface area contributed by atoms with E-state index in [2.05, 4.69) is 9.62 Å². The molecule has 0 saturated carbocycles. The second kappa shape index (κ2) is 10.7. The van der Waals surface area contributed by atoms with Crippen molar-refractivity contribution in [2.24, 2.45) is 0 Å². The molecule has 2 aromatic rings. The number of benzene rings is 2. The standard InChI is InChI=1S/C23H28F3N3O4S/c1-17(27-34(31,32)21-6-4-3-5-20(21)23(24,25)26)22(30)29-15-13-28(14-16-29)12-11-18-7-9-19(33-2)10-8-18/h3-10,17,27H,11-16H2,1-2H3/t17-/m0/s1. The third-order valence-electron chi connectivity index (χ3n) is 5.74. The number of methoxy groups -OCH3 is 1. The van der Waals surface area contributed by atoms with Gasteiger partial charge in [0.1, 0.15) is 5.75 Å². The van der Waals surface area contributed by atoms with E-state index in [0.717, 1.165) is 30.8 Å². The number of amides is 1. The first-order valence-electron chi connectivity index (χ1n) is 10.8. The van der Waals surface area contributed by atoms with Crippen LogP contribution in [0.3, 0.4) is 0 Å². The number of alkyl halides is 3. The van der Waals surface area contributed by atoms with Crippen molar-refractivity contribution in [3.63, 3.8) is 0 Å². The normalized spacial score (nSPS) is 16.3. The lowest BCUT2D eigenvalue weighted by atomic mass is 10.1. The number of hydrogen-bond acceptors (Lipinski definition) is 5. The monoisotopic (exact) mass is 499 g/mol. The third kappa shape index (κ3) is 6.49. The van der Waals surface area contributed by atoms with Crippen LogP contribution in [-0.2, 0) is 27.4 Å². The zero-order chi connectivity index (χ0) is 24.9. The Morgan fingerprint density at radius 2 is 1.68 bits per heavy atom. The van der Waals surface area contributed by atoms with E-state index >= 15 is 0 Å². The highest BCUT2D eigenvalue weighted by atomic mass is 32.2. The second-order valence-corrected chi connectivity index (χ2v) is 9.78. The summed E-state index contributed by atoms with van der Waals surface area (Å²) in [6.07, 6.45) is -3.99. The van der Waals surface area contributed by atoms with E-state index in [-0.39, 0.29) is 0 Å². The Morgan fingerprint density at radius 3 is 2.26 bits per heavy atom. The number of nitrogens with one attached hydrogen (secondary N) is 1. The number of piperazine rings is 1. The first-order chi connectivity index (χ1) is 16.0. The van der Waals surface area contributed by atoms with Crippen molar-refractivity contribution < 1.29 is 31.1 Å². The number of carbonyl (C=O) groups excluding carboxylic acids is 1. The highest BCUT2D eigenvalue weighted by Gasteiger charge is 2.38. The lowest BCUT2D eigenvalue weighted by Crippen LogP contribution is -2.54. The van der Waals surface area contributed by atoms with E-state index in [0.29, 0.717) is 32.2 Å². The van der Waals surface area contributed by atoms with E-state index in [1.807, 2.05) is 24.3 Å². The van der Waals surface area contributed by atoms with Crippen LogP contribution >= 0.6 is 0 Å². The van der Waals surface area contributed by atoms with E-state index in [1.165, 1.54) is 23.5 Å². The molecule has 2 aromatic carbocycles. The maximum Gasteiger partial charge on any atom is 0.417 e. The summed E-state index contributed by atoms with van der Waals surface area (Å²) in [5, 5.41) is 0. The van der Waals surface area contributed by atoms with Gasteiger partial charge in [-0.3, -0.25) is 9.69 Å². The molecule has 0 unspecified atom stereocenters. The van der Waals surface area contributed by atoms with Crippen LogP contribution in [0.4, 0.5) is 13.2 Å². The Labute approximate surface area is 197 Å². The molecule has 1 aliphatic heterocycles. The largest absolute Gasteiger partial charge is 0.497 e. The van der Waals surface area contributed by atoms with Crippen LogP contribution in [0.1, 0.15) is 18.1 Å². The quantitative estimate of drug-likeness (QED) is 0.605. The predicted molar refractivity (Wildman–Crippen MR) is 121 cm³/mol. The number of sulfonamides is 1. The fourth-order valence-corrected chi connectivity index (χ4v) is 5.25. The number of nitrogens with zero attached hydrogens (tertiary/aromatic N) is 2. The molecular weight excluding hydrogens is 471 g/mol. The van der Waals surface area contributed by atoms with Gasteiger partial charge in [0.05, 0.1) is 23.6 Å². The van der Waals surface area contributed by atoms with Crippen molar-refractivity contribution in [1.29, 1.82) is 0 Å². The molecule has 1 N–H and O–H groups in total. The lowest BCUT2D eigenvalue weighted by molar-refractivity contribution is -0.139. The maximum atomic E-state index is 13.2. The van der Waals surface area contributed by atoms with Gasteiger partial charge in [0, 0.05) is 32.7 Å². The van der Waals surface area contributed by atoms with Crippen LogP contribution in [0, 0.1) is 0 Å². The van der Waals surface area contributed by atoms with Crippen LogP contribution in [0.5, 0.6) is 5.75 Å². The van der Waals surface area contributed by atoms with E-state index in [9.17, 15) is 26.4 Å². The van der Waals surface area contributed by atoms with Crippen molar-refractivity contribution in [2.45, 2.75) is 30.5 Å². The summed E-state index contributed by atoms with van der Waals surface area (Å²) < 4.78 is 72.2. The van der Waals surface area contributed by atoms with E-state index < -0.39 is 38.6 Å². The van der Waals surface area contributed by atoms with E-state index in [4.69, 9.17) is 4.74 Å². The Kier molecular flexibility index (Phi) is 8.21. The number of carbonyl (C=O) groups is 1. The minimum Gasteiger partial charge on any atom is -0.497 e. The zero-order valence-corrected chi connectivity index (χ0v) is 19.8. The Bertz CT molecular complexity index is 1080.